The van der Waals surface area contributed by atoms with E-state index in [1.54, 1.807) is 55.5 Å². The van der Waals surface area contributed by atoms with E-state index in [9.17, 15) is 9.59 Å². The molecule has 0 spiro atoms. The van der Waals surface area contributed by atoms with E-state index >= 15 is 0 Å². The van der Waals surface area contributed by atoms with Crippen molar-refractivity contribution >= 4 is 23.4 Å². The first-order valence-electron chi connectivity index (χ1n) is 10.6. The molecule has 0 fully saturated rings. The minimum absolute atomic E-state index is 0.206. The van der Waals surface area contributed by atoms with Crippen LogP contribution in [0.1, 0.15) is 11.1 Å². The highest BCUT2D eigenvalue weighted by molar-refractivity contribution is 6.30. The van der Waals surface area contributed by atoms with Gasteiger partial charge in [0.25, 0.3) is 5.91 Å². The normalized spacial score (nSPS) is 11.4. The van der Waals surface area contributed by atoms with Gasteiger partial charge >= 0.3 is 0 Å². The van der Waals surface area contributed by atoms with Crippen molar-refractivity contribution in [3.8, 4) is 11.5 Å². The first-order valence-corrected chi connectivity index (χ1v) is 10.9. The number of carbonyl (C=O) groups is 2. The molecule has 3 aromatic carbocycles. The molecule has 0 unspecified atom stereocenters. The molecule has 1 atom stereocenters. The van der Waals surface area contributed by atoms with Gasteiger partial charge in [0, 0.05) is 25.0 Å². The summed E-state index contributed by atoms with van der Waals surface area (Å²) in [5.74, 6) is 0.687. The van der Waals surface area contributed by atoms with Gasteiger partial charge in [0.15, 0.2) is 6.61 Å². The molecule has 33 heavy (non-hydrogen) atoms. The second kappa shape index (κ2) is 11.9. The van der Waals surface area contributed by atoms with Gasteiger partial charge in [0.05, 0.1) is 7.11 Å². The Morgan fingerprint density at radius 2 is 1.55 bits per heavy atom. The highest BCUT2D eigenvalue weighted by atomic mass is 35.5. The summed E-state index contributed by atoms with van der Waals surface area (Å²) < 4.78 is 10.9. The van der Waals surface area contributed by atoms with E-state index < -0.39 is 6.04 Å². The number of carbonyl (C=O) groups excluding carboxylic acids is 2. The Morgan fingerprint density at radius 3 is 2.15 bits per heavy atom. The molecule has 0 aliphatic rings. The number of ether oxygens (including phenoxy) is 2. The number of rotatable bonds is 10. The molecular weight excluding hydrogens is 440 g/mol. The van der Waals surface area contributed by atoms with Gasteiger partial charge in [0.1, 0.15) is 17.5 Å². The third kappa shape index (κ3) is 6.99. The summed E-state index contributed by atoms with van der Waals surface area (Å²) in [5, 5.41) is 3.30. The van der Waals surface area contributed by atoms with Crippen molar-refractivity contribution in [2.45, 2.75) is 19.0 Å². The van der Waals surface area contributed by atoms with Crippen molar-refractivity contribution in [2.24, 2.45) is 0 Å². The molecule has 0 aliphatic heterocycles. The van der Waals surface area contributed by atoms with Gasteiger partial charge in [-0.15, -0.1) is 0 Å². The highest BCUT2D eigenvalue weighted by Gasteiger charge is 2.30. The van der Waals surface area contributed by atoms with E-state index in [4.69, 9.17) is 21.1 Å². The third-order valence-electron chi connectivity index (χ3n) is 5.21. The molecular formula is C26H27ClN2O4. The quantitative estimate of drug-likeness (QED) is 0.488. The predicted octanol–water partition coefficient (Wildman–Crippen LogP) is 4.11. The van der Waals surface area contributed by atoms with Crippen molar-refractivity contribution in [2.75, 3.05) is 20.8 Å². The Kier molecular flexibility index (Phi) is 8.72. The summed E-state index contributed by atoms with van der Waals surface area (Å²) in [6, 6.07) is 23.1. The number of hydrogen-bond donors (Lipinski definition) is 1. The van der Waals surface area contributed by atoms with E-state index in [0.29, 0.717) is 22.9 Å². The lowest BCUT2D eigenvalue weighted by molar-refractivity contribution is -0.142. The molecule has 0 radical (unpaired) electrons. The van der Waals surface area contributed by atoms with E-state index in [2.05, 4.69) is 5.32 Å². The first kappa shape index (κ1) is 24.1. The Hall–Kier alpha value is -3.51. The molecule has 1 N–H and O–H groups in total. The molecule has 6 nitrogen and oxygen atoms in total. The lowest BCUT2D eigenvalue weighted by Crippen LogP contribution is -2.51. The molecule has 0 aliphatic carbocycles. The van der Waals surface area contributed by atoms with Crippen molar-refractivity contribution < 1.29 is 19.1 Å². The molecule has 0 saturated heterocycles. The maximum atomic E-state index is 13.3. The Labute approximate surface area is 199 Å². The van der Waals surface area contributed by atoms with Gasteiger partial charge < -0.3 is 19.7 Å². The third-order valence-corrected chi connectivity index (χ3v) is 5.46. The van der Waals surface area contributed by atoms with Crippen LogP contribution < -0.4 is 14.8 Å². The summed E-state index contributed by atoms with van der Waals surface area (Å²) in [6.07, 6.45) is 0.377. The summed E-state index contributed by atoms with van der Waals surface area (Å²) in [7, 11) is 3.15. The Morgan fingerprint density at radius 1 is 0.909 bits per heavy atom. The first-order chi connectivity index (χ1) is 16.0. The average Bonchev–Trinajstić information content (AvgIpc) is 2.86. The van der Waals surface area contributed by atoms with Crippen molar-refractivity contribution in [1.29, 1.82) is 0 Å². The zero-order valence-electron chi connectivity index (χ0n) is 18.7. The zero-order valence-corrected chi connectivity index (χ0v) is 19.4. The van der Waals surface area contributed by atoms with Crippen LogP contribution in [-0.4, -0.2) is 43.5 Å². The van der Waals surface area contributed by atoms with Crippen LogP contribution in [0.15, 0.2) is 78.9 Å². The Balaban J connectivity index is 1.84. The topological polar surface area (TPSA) is 67.9 Å². The summed E-state index contributed by atoms with van der Waals surface area (Å²) in [4.78, 5) is 27.8. The van der Waals surface area contributed by atoms with E-state index in [-0.39, 0.29) is 25.0 Å². The maximum Gasteiger partial charge on any atom is 0.261 e. The van der Waals surface area contributed by atoms with Crippen LogP contribution in [0.2, 0.25) is 5.02 Å². The van der Waals surface area contributed by atoms with Crippen LogP contribution in [0.3, 0.4) is 0 Å². The van der Waals surface area contributed by atoms with Crippen LogP contribution in [0.25, 0.3) is 0 Å². The molecule has 0 heterocycles. The molecule has 0 aromatic heterocycles. The summed E-state index contributed by atoms with van der Waals surface area (Å²) in [6.45, 7) is 0.0368. The predicted molar refractivity (Wildman–Crippen MR) is 128 cm³/mol. The lowest BCUT2D eigenvalue weighted by Gasteiger charge is -2.31. The summed E-state index contributed by atoms with van der Waals surface area (Å²) >= 11 is 6.02. The number of likely N-dealkylation sites (N-methyl/N-ethyl adjacent to an activating group) is 1. The number of nitrogens with zero attached hydrogens (tertiary/aromatic N) is 1. The minimum atomic E-state index is -0.708. The molecule has 0 saturated carbocycles. The van der Waals surface area contributed by atoms with Gasteiger partial charge in [-0.05, 0) is 47.5 Å². The molecule has 3 rings (SSSR count). The largest absolute Gasteiger partial charge is 0.497 e. The van der Waals surface area contributed by atoms with Crippen molar-refractivity contribution in [1.82, 2.24) is 10.2 Å². The van der Waals surface area contributed by atoms with Gasteiger partial charge in [-0.1, -0.05) is 54.1 Å². The fourth-order valence-electron chi connectivity index (χ4n) is 3.41. The molecule has 3 aromatic rings. The fourth-order valence-corrected chi connectivity index (χ4v) is 3.53. The van der Waals surface area contributed by atoms with Gasteiger partial charge in [-0.25, -0.2) is 0 Å². The molecule has 0 bridgehead atoms. The van der Waals surface area contributed by atoms with Crippen LogP contribution in [-0.2, 0) is 22.6 Å². The SMILES string of the molecule is CNC(=O)[C@H](Cc1ccccc1)N(Cc1ccc(Cl)cc1)C(=O)COc1ccc(OC)cc1. The number of halogens is 1. The molecule has 172 valence electrons. The van der Waals surface area contributed by atoms with Crippen LogP contribution in [0, 0.1) is 0 Å². The fraction of sp³-hybridized carbons (Fsp3) is 0.231. The molecule has 7 heteroatoms. The number of hydrogen-bond acceptors (Lipinski definition) is 4. The summed E-state index contributed by atoms with van der Waals surface area (Å²) in [5.41, 5.74) is 1.82. The lowest BCUT2D eigenvalue weighted by atomic mass is 10.0. The van der Waals surface area contributed by atoms with Gasteiger partial charge in [-0.3, -0.25) is 9.59 Å². The second-order valence-corrected chi connectivity index (χ2v) is 7.87. The number of nitrogens with one attached hydrogen (secondary N) is 1. The van der Waals surface area contributed by atoms with Crippen LogP contribution >= 0.6 is 11.6 Å². The minimum Gasteiger partial charge on any atom is -0.497 e. The average molecular weight is 467 g/mol. The van der Waals surface area contributed by atoms with Crippen LogP contribution in [0.5, 0.6) is 11.5 Å². The van der Waals surface area contributed by atoms with Gasteiger partial charge in [0.2, 0.25) is 5.91 Å². The highest BCUT2D eigenvalue weighted by Crippen LogP contribution is 2.19. The number of methoxy groups -OCH3 is 1. The number of benzene rings is 3. The maximum absolute atomic E-state index is 13.3. The van der Waals surface area contributed by atoms with E-state index in [1.165, 1.54) is 0 Å². The Bertz CT molecular complexity index is 1040. The zero-order chi connectivity index (χ0) is 23.6. The van der Waals surface area contributed by atoms with E-state index in [0.717, 1.165) is 11.1 Å². The van der Waals surface area contributed by atoms with E-state index in [1.807, 2.05) is 42.5 Å². The molecule has 2 amide bonds. The van der Waals surface area contributed by atoms with Gasteiger partial charge in [-0.2, -0.15) is 0 Å². The standard InChI is InChI=1S/C26H27ClN2O4/c1-28-26(31)24(16-19-6-4-3-5-7-19)29(17-20-8-10-21(27)11-9-20)25(30)18-33-23-14-12-22(32-2)13-15-23/h3-15,24H,16-18H2,1-2H3,(H,28,31)/t24-/m0/s1. The second-order valence-electron chi connectivity index (χ2n) is 7.43. The van der Waals surface area contributed by atoms with Crippen molar-refractivity contribution in [3.63, 3.8) is 0 Å². The van der Waals surface area contributed by atoms with Crippen LogP contribution in [0.4, 0.5) is 0 Å². The number of amides is 2. The van der Waals surface area contributed by atoms with Crippen molar-refractivity contribution in [3.05, 3.63) is 95.0 Å². The smallest absolute Gasteiger partial charge is 0.261 e. The monoisotopic (exact) mass is 466 g/mol.